The van der Waals surface area contributed by atoms with E-state index in [1.165, 1.54) is 12.1 Å². The lowest BCUT2D eigenvalue weighted by atomic mass is 10.1. The maximum Gasteiger partial charge on any atom is 0.319 e. The van der Waals surface area contributed by atoms with Gasteiger partial charge in [-0.3, -0.25) is 0 Å². The molecule has 0 aliphatic carbocycles. The molecule has 6 nitrogen and oxygen atoms in total. The van der Waals surface area contributed by atoms with E-state index in [9.17, 15) is 9.18 Å². The molecule has 2 aromatic carbocycles. The Balaban J connectivity index is 1.47. The van der Waals surface area contributed by atoms with Crippen molar-refractivity contribution in [3.05, 3.63) is 47.8 Å². The summed E-state index contributed by atoms with van der Waals surface area (Å²) in [5, 5.41) is 5.32. The molecule has 1 heterocycles. The zero-order valence-electron chi connectivity index (χ0n) is 13.8. The molecule has 0 saturated carbocycles. The van der Waals surface area contributed by atoms with Crippen LogP contribution in [0.5, 0.6) is 17.2 Å². The lowest BCUT2D eigenvalue weighted by molar-refractivity contribution is 0.174. The van der Waals surface area contributed by atoms with E-state index in [1.807, 2.05) is 18.2 Å². The number of carbonyl (C=O) groups is 1. The summed E-state index contributed by atoms with van der Waals surface area (Å²) in [5.41, 5.74) is 1.39. The van der Waals surface area contributed by atoms with E-state index in [2.05, 4.69) is 10.6 Å². The molecule has 0 unspecified atom stereocenters. The zero-order valence-corrected chi connectivity index (χ0v) is 13.8. The number of anilines is 1. The van der Waals surface area contributed by atoms with E-state index < -0.39 is 11.8 Å². The second-order valence-corrected chi connectivity index (χ2v) is 5.40. The Kier molecular flexibility index (Phi) is 5.23. The number of fused-ring (bicyclic) bond motifs is 1. The Labute approximate surface area is 144 Å². The molecule has 3 rings (SSSR count). The standard InChI is InChI=1S/C18H19FN2O4/c1-2-23-15-6-4-13(10-14(15)19)21-18(22)20-8-7-12-3-5-16-17(9-12)25-11-24-16/h3-6,9-10H,2,7-8,11H2,1H3,(H2,20,21,22). The Morgan fingerprint density at radius 1 is 1.20 bits per heavy atom. The molecule has 25 heavy (non-hydrogen) atoms. The van der Waals surface area contributed by atoms with Crippen LogP contribution in [0.15, 0.2) is 36.4 Å². The number of hydrogen-bond donors (Lipinski definition) is 2. The number of hydrogen-bond acceptors (Lipinski definition) is 4. The summed E-state index contributed by atoms with van der Waals surface area (Å²) in [5.74, 6) is 1.09. The number of benzene rings is 2. The predicted octanol–water partition coefficient (Wildman–Crippen LogP) is 3.32. The average molecular weight is 346 g/mol. The number of rotatable bonds is 6. The largest absolute Gasteiger partial charge is 0.491 e. The molecular weight excluding hydrogens is 327 g/mol. The van der Waals surface area contributed by atoms with Crippen molar-refractivity contribution in [1.29, 1.82) is 0 Å². The fourth-order valence-corrected chi connectivity index (χ4v) is 2.44. The van der Waals surface area contributed by atoms with Gasteiger partial charge in [0.15, 0.2) is 23.1 Å². The molecule has 0 fully saturated rings. The number of ether oxygens (including phenoxy) is 3. The molecule has 0 spiro atoms. The van der Waals surface area contributed by atoms with Crippen molar-refractivity contribution in [2.75, 3.05) is 25.3 Å². The van der Waals surface area contributed by atoms with E-state index in [4.69, 9.17) is 14.2 Å². The topological polar surface area (TPSA) is 68.8 Å². The van der Waals surface area contributed by atoms with Gasteiger partial charge in [0.25, 0.3) is 0 Å². The van der Waals surface area contributed by atoms with Crippen LogP contribution in [0.4, 0.5) is 14.9 Å². The number of carbonyl (C=O) groups excluding carboxylic acids is 1. The second kappa shape index (κ2) is 7.74. The monoisotopic (exact) mass is 346 g/mol. The highest BCUT2D eigenvalue weighted by atomic mass is 19.1. The first-order valence-electron chi connectivity index (χ1n) is 8.01. The quantitative estimate of drug-likeness (QED) is 0.842. The number of amides is 2. The minimum atomic E-state index is -0.514. The number of nitrogens with one attached hydrogen (secondary N) is 2. The summed E-state index contributed by atoms with van der Waals surface area (Å²) in [6.07, 6.45) is 0.641. The molecule has 132 valence electrons. The van der Waals surface area contributed by atoms with E-state index in [-0.39, 0.29) is 12.5 Å². The Morgan fingerprint density at radius 3 is 2.84 bits per heavy atom. The molecule has 0 bridgehead atoms. The second-order valence-electron chi connectivity index (χ2n) is 5.40. The van der Waals surface area contributed by atoms with Crippen molar-refractivity contribution in [2.45, 2.75) is 13.3 Å². The third-order valence-electron chi connectivity index (χ3n) is 3.63. The van der Waals surface area contributed by atoms with Gasteiger partial charge in [0.2, 0.25) is 6.79 Å². The third-order valence-corrected chi connectivity index (χ3v) is 3.63. The minimum absolute atomic E-state index is 0.163. The van der Waals surface area contributed by atoms with Crippen LogP contribution < -0.4 is 24.8 Å². The summed E-state index contributed by atoms with van der Waals surface area (Å²) >= 11 is 0. The van der Waals surface area contributed by atoms with Gasteiger partial charge in [-0.15, -0.1) is 0 Å². The lowest BCUT2D eigenvalue weighted by Crippen LogP contribution is -2.30. The summed E-state index contributed by atoms with van der Waals surface area (Å²) in [4.78, 5) is 11.9. The summed E-state index contributed by atoms with van der Waals surface area (Å²) < 4.78 is 29.4. The van der Waals surface area contributed by atoms with Crippen LogP contribution in [0.25, 0.3) is 0 Å². The smallest absolute Gasteiger partial charge is 0.319 e. The molecule has 1 aliphatic rings. The van der Waals surface area contributed by atoms with Crippen LogP contribution in [0, 0.1) is 5.82 Å². The van der Waals surface area contributed by atoms with Crippen LogP contribution >= 0.6 is 0 Å². The van der Waals surface area contributed by atoms with Crippen molar-refractivity contribution >= 4 is 11.7 Å². The Bertz CT molecular complexity index is 767. The van der Waals surface area contributed by atoms with Crippen LogP contribution in [0.3, 0.4) is 0 Å². The van der Waals surface area contributed by atoms with Gasteiger partial charge in [0, 0.05) is 18.3 Å². The highest BCUT2D eigenvalue weighted by Gasteiger charge is 2.13. The molecule has 2 N–H and O–H groups in total. The molecule has 0 saturated heterocycles. The normalized spacial score (nSPS) is 11.9. The molecule has 2 amide bonds. The van der Waals surface area contributed by atoms with Crippen molar-refractivity contribution in [1.82, 2.24) is 5.32 Å². The van der Waals surface area contributed by atoms with Crippen molar-refractivity contribution in [2.24, 2.45) is 0 Å². The summed E-state index contributed by atoms with van der Waals surface area (Å²) in [6.45, 7) is 2.83. The van der Waals surface area contributed by atoms with Gasteiger partial charge in [-0.2, -0.15) is 0 Å². The molecule has 2 aromatic rings. The summed E-state index contributed by atoms with van der Waals surface area (Å²) in [7, 11) is 0. The van der Waals surface area contributed by atoms with E-state index in [1.54, 1.807) is 13.0 Å². The number of halogens is 1. The van der Waals surface area contributed by atoms with Crippen LogP contribution in [0.1, 0.15) is 12.5 Å². The van der Waals surface area contributed by atoms with E-state index in [0.717, 1.165) is 11.3 Å². The average Bonchev–Trinajstić information content (AvgIpc) is 3.05. The van der Waals surface area contributed by atoms with Crippen LogP contribution in [-0.2, 0) is 6.42 Å². The zero-order chi connectivity index (χ0) is 17.6. The first-order valence-corrected chi connectivity index (χ1v) is 8.01. The van der Waals surface area contributed by atoms with Gasteiger partial charge in [-0.1, -0.05) is 6.07 Å². The van der Waals surface area contributed by atoms with Gasteiger partial charge in [-0.25, -0.2) is 9.18 Å². The SMILES string of the molecule is CCOc1ccc(NC(=O)NCCc2ccc3c(c2)OCO3)cc1F. The van der Waals surface area contributed by atoms with E-state index in [0.29, 0.717) is 31.0 Å². The third kappa shape index (κ3) is 4.32. The molecule has 0 aromatic heterocycles. The Morgan fingerprint density at radius 2 is 2.04 bits per heavy atom. The predicted molar refractivity (Wildman–Crippen MR) is 90.9 cm³/mol. The molecule has 0 radical (unpaired) electrons. The van der Waals surface area contributed by atoms with Gasteiger partial charge < -0.3 is 24.8 Å². The fourth-order valence-electron chi connectivity index (χ4n) is 2.44. The van der Waals surface area contributed by atoms with Crippen LogP contribution in [0.2, 0.25) is 0 Å². The molecule has 1 aliphatic heterocycles. The van der Waals surface area contributed by atoms with Gasteiger partial charge >= 0.3 is 6.03 Å². The number of urea groups is 1. The first kappa shape index (κ1) is 16.9. The lowest BCUT2D eigenvalue weighted by Gasteiger charge is -2.10. The molecule has 0 atom stereocenters. The highest BCUT2D eigenvalue weighted by molar-refractivity contribution is 5.89. The van der Waals surface area contributed by atoms with E-state index >= 15 is 0 Å². The maximum atomic E-state index is 13.8. The molecule has 7 heteroatoms. The van der Waals surface area contributed by atoms with Gasteiger partial charge in [0.05, 0.1) is 6.61 Å². The fraction of sp³-hybridized carbons (Fsp3) is 0.278. The molecular formula is C18H19FN2O4. The summed E-state index contributed by atoms with van der Waals surface area (Å²) in [6, 6.07) is 9.57. The van der Waals surface area contributed by atoms with Crippen LogP contribution in [-0.4, -0.2) is 26.0 Å². The minimum Gasteiger partial charge on any atom is -0.491 e. The highest BCUT2D eigenvalue weighted by Crippen LogP contribution is 2.32. The van der Waals surface area contributed by atoms with Crippen molar-refractivity contribution in [3.63, 3.8) is 0 Å². The van der Waals surface area contributed by atoms with Gasteiger partial charge in [-0.05, 0) is 43.2 Å². The van der Waals surface area contributed by atoms with Crippen molar-refractivity contribution < 1.29 is 23.4 Å². The Hall–Kier alpha value is -2.96. The maximum absolute atomic E-state index is 13.8. The van der Waals surface area contributed by atoms with Crippen molar-refractivity contribution in [3.8, 4) is 17.2 Å². The van der Waals surface area contributed by atoms with Gasteiger partial charge in [0.1, 0.15) is 0 Å². The first-order chi connectivity index (χ1) is 12.2.